The Morgan fingerprint density at radius 2 is 1.84 bits per heavy atom. The van der Waals surface area contributed by atoms with Crippen molar-refractivity contribution in [2.45, 2.75) is 5.92 Å². The summed E-state index contributed by atoms with van der Waals surface area (Å²) in [7, 11) is 0. The molecule has 0 spiro atoms. The van der Waals surface area contributed by atoms with Gasteiger partial charge in [0.25, 0.3) is 0 Å². The molecule has 0 saturated heterocycles. The molecule has 6 heteroatoms. The van der Waals surface area contributed by atoms with Gasteiger partial charge in [0.2, 0.25) is 11.8 Å². The van der Waals surface area contributed by atoms with Crippen LogP contribution in [-0.2, 0) is 0 Å². The number of nitrogens with zero attached hydrogens (tertiary/aromatic N) is 2. The molecule has 3 aromatic rings. The molecule has 2 unspecified atom stereocenters. The molecular weight excluding hydrogens is 427 g/mol. The Morgan fingerprint density at radius 3 is 2.56 bits per heavy atom. The van der Waals surface area contributed by atoms with Crippen molar-refractivity contribution in [3.63, 3.8) is 0 Å². The largest absolute Gasteiger partial charge is 0.422 e. The van der Waals surface area contributed by atoms with Gasteiger partial charge in [0.05, 0.1) is 17.3 Å². The number of nitriles is 1. The van der Waals surface area contributed by atoms with Crippen LogP contribution in [0.25, 0.3) is 11.3 Å². The normalized spacial score (nSPS) is 19.0. The van der Waals surface area contributed by atoms with Crippen molar-refractivity contribution in [3.8, 4) is 23.2 Å². The van der Waals surface area contributed by atoms with Gasteiger partial charge >= 0.3 is 0 Å². The van der Waals surface area contributed by atoms with Gasteiger partial charge < -0.3 is 4.74 Å². The minimum absolute atomic E-state index is 0.0641. The fraction of sp³-hybridized carbons (Fsp3) is 0.105. The summed E-state index contributed by atoms with van der Waals surface area (Å²) < 4.78 is 6.59. The topological polar surface area (TPSA) is 85.6 Å². The van der Waals surface area contributed by atoms with E-state index in [9.17, 15) is 5.26 Å². The first-order valence-electron chi connectivity index (χ1n) is 7.74. The predicted molar refractivity (Wildman–Crippen MR) is 102 cm³/mol. The third kappa shape index (κ3) is 2.61. The van der Waals surface area contributed by atoms with Gasteiger partial charge in [-0.2, -0.15) is 5.26 Å². The fourth-order valence-corrected chi connectivity index (χ4v) is 3.93. The van der Waals surface area contributed by atoms with Gasteiger partial charge in [-0.05, 0) is 39.8 Å². The zero-order valence-corrected chi connectivity index (χ0v) is 15.2. The number of aromatic amines is 1. The van der Waals surface area contributed by atoms with E-state index in [1.807, 2.05) is 54.6 Å². The molecule has 5 nitrogen and oxygen atoms in total. The number of ether oxygens (including phenoxy) is 1. The Balaban J connectivity index is 1.98. The molecule has 1 aliphatic rings. The van der Waals surface area contributed by atoms with Gasteiger partial charge in [0, 0.05) is 9.49 Å². The van der Waals surface area contributed by atoms with Gasteiger partial charge in [-0.15, -0.1) is 5.10 Å². The third-order valence-electron chi connectivity index (χ3n) is 4.34. The van der Waals surface area contributed by atoms with Gasteiger partial charge in [0.1, 0.15) is 5.92 Å². The molecule has 0 bridgehead atoms. The molecule has 4 rings (SSSR count). The van der Waals surface area contributed by atoms with Crippen molar-refractivity contribution in [2.75, 3.05) is 0 Å². The molecule has 0 radical (unpaired) electrons. The Kier molecular flexibility index (Phi) is 4.01. The van der Waals surface area contributed by atoms with Crippen molar-refractivity contribution in [1.29, 1.82) is 10.7 Å². The standard InChI is InChI=1S/C19H13IN4O/c20-14-9-5-4-8-12(14)15-13(10-21)18(22)25-19-16(15)17(23-24-19)11-6-2-1-3-7-11/h1-9,13,15,22H,(H,23,24). The van der Waals surface area contributed by atoms with Crippen molar-refractivity contribution in [1.82, 2.24) is 10.2 Å². The fourth-order valence-electron chi connectivity index (χ4n) is 3.21. The lowest BCUT2D eigenvalue weighted by molar-refractivity contribution is 0.437. The van der Waals surface area contributed by atoms with Crippen molar-refractivity contribution < 1.29 is 4.74 Å². The van der Waals surface area contributed by atoms with Gasteiger partial charge in [-0.25, -0.2) is 0 Å². The molecule has 1 aromatic heterocycles. The second-order valence-corrected chi connectivity index (χ2v) is 6.92. The quantitative estimate of drug-likeness (QED) is 0.582. The Bertz CT molecular complexity index is 990. The van der Waals surface area contributed by atoms with Gasteiger partial charge in [-0.3, -0.25) is 10.5 Å². The molecule has 122 valence electrons. The highest BCUT2D eigenvalue weighted by Crippen LogP contribution is 2.46. The zero-order valence-electron chi connectivity index (χ0n) is 13.0. The van der Waals surface area contributed by atoms with Gasteiger partial charge in [0.15, 0.2) is 0 Å². The van der Waals surface area contributed by atoms with Crippen LogP contribution in [0, 0.1) is 26.2 Å². The minimum atomic E-state index is -0.691. The molecule has 0 saturated carbocycles. The molecular formula is C19H13IN4O. The average molecular weight is 440 g/mol. The predicted octanol–water partition coefficient (Wildman–Crippen LogP) is 4.32. The molecule has 0 fully saturated rings. The maximum atomic E-state index is 9.70. The van der Waals surface area contributed by atoms with Crippen LogP contribution in [0.4, 0.5) is 0 Å². The Labute approximate surface area is 158 Å². The zero-order chi connectivity index (χ0) is 17.4. The highest BCUT2D eigenvalue weighted by Gasteiger charge is 2.41. The second kappa shape index (κ2) is 6.33. The molecule has 2 atom stereocenters. The van der Waals surface area contributed by atoms with Crippen LogP contribution in [0.5, 0.6) is 5.88 Å². The maximum absolute atomic E-state index is 9.70. The summed E-state index contributed by atoms with van der Waals surface area (Å²) in [6, 6.07) is 20.0. The van der Waals surface area contributed by atoms with E-state index in [2.05, 4.69) is 38.9 Å². The lowest BCUT2D eigenvalue weighted by Gasteiger charge is -2.28. The van der Waals surface area contributed by atoms with Crippen molar-refractivity contribution in [2.24, 2.45) is 5.92 Å². The number of benzene rings is 2. The van der Waals surface area contributed by atoms with E-state index >= 15 is 0 Å². The van der Waals surface area contributed by atoms with E-state index < -0.39 is 5.92 Å². The van der Waals surface area contributed by atoms with E-state index in [1.165, 1.54) is 0 Å². The number of hydrogen-bond donors (Lipinski definition) is 2. The van der Waals surface area contributed by atoms with Crippen LogP contribution in [0.1, 0.15) is 17.0 Å². The number of halogens is 1. The lowest BCUT2D eigenvalue weighted by Crippen LogP contribution is -2.31. The Morgan fingerprint density at radius 1 is 1.12 bits per heavy atom. The van der Waals surface area contributed by atoms with Crippen LogP contribution < -0.4 is 4.74 Å². The molecule has 0 amide bonds. The first-order chi connectivity index (χ1) is 12.2. The number of rotatable bonds is 2. The monoisotopic (exact) mass is 440 g/mol. The summed E-state index contributed by atoms with van der Waals surface area (Å²) in [5.74, 6) is -0.683. The summed E-state index contributed by atoms with van der Waals surface area (Å²) in [6.45, 7) is 0. The van der Waals surface area contributed by atoms with Gasteiger partial charge in [-0.1, -0.05) is 48.5 Å². The first-order valence-corrected chi connectivity index (χ1v) is 8.82. The highest BCUT2D eigenvalue weighted by molar-refractivity contribution is 14.1. The SMILES string of the molecule is N#CC1C(=N)Oc2n[nH]c(-c3ccccc3)c2C1c1ccccc1I. The van der Waals surface area contributed by atoms with E-state index in [1.54, 1.807) is 0 Å². The second-order valence-electron chi connectivity index (χ2n) is 5.76. The van der Waals surface area contributed by atoms with Crippen molar-refractivity contribution in [3.05, 3.63) is 69.3 Å². The van der Waals surface area contributed by atoms with Crippen LogP contribution >= 0.6 is 22.6 Å². The maximum Gasteiger partial charge on any atom is 0.244 e. The van der Waals surface area contributed by atoms with Crippen LogP contribution in [-0.4, -0.2) is 16.1 Å². The van der Waals surface area contributed by atoms with Crippen molar-refractivity contribution >= 4 is 28.5 Å². The number of H-pyrrole nitrogens is 1. The minimum Gasteiger partial charge on any atom is -0.422 e. The molecule has 1 aliphatic heterocycles. The number of nitrogens with one attached hydrogen (secondary N) is 2. The molecule has 2 aromatic carbocycles. The van der Waals surface area contributed by atoms with Crippen LogP contribution in [0.2, 0.25) is 0 Å². The lowest BCUT2D eigenvalue weighted by atomic mass is 9.79. The third-order valence-corrected chi connectivity index (χ3v) is 5.33. The summed E-state index contributed by atoms with van der Waals surface area (Å²) >= 11 is 2.27. The summed E-state index contributed by atoms with van der Waals surface area (Å²) in [4.78, 5) is 0. The van der Waals surface area contributed by atoms with E-state index in [4.69, 9.17) is 10.1 Å². The smallest absolute Gasteiger partial charge is 0.244 e. The summed E-state index contributed by atoms with van der Waals surface area (Å²) in [5.41, 5.74) is 3.63. The number of aromatic nitrogens is 2. The molecule has 2 N–H and O–H groups in total. The van der Waals surface area contributed by atoms with E-state index in [0.29, 0.717) is 5.88 Å². The molecule has 25 heavy (non-hydrogen) atoms. The van der Waals surface area contributed by atoms with E-state index in [0.717, 1.165) is 26.0 Å². The molecule has 0 aliphatic carbocycles. The summed E-state index contributed by atoms with van der Waals surface area (Å²) in [5, 5.41) is 25.1. The van der Waals surface area contributed by atoms with Crippen LogP contribution in [0.3, 0.4) is 0 Å². The van der Waals surface area contributed by atoms with Crippen LogP contribution in [0.15, 0.2) is 54.6 Å². The average Bonchev–Trinajstić information content (AvgIpc) is 3.05. The highest BCUT2D eigenvalue weighted by atomic mass is 127. The number of hydrogen-bond acceptors (Lipinski definition) is 4. The summed E-state index contributed by atoms with van der Waals surface area (Å²) in [6.07, 6.45) is 0. The Hall–Kier alpha value is -2.66. The van der Waals surface area contributed by atoms with E-state index in [-0.39, 0.29) is 11.8 Å². The molecule has 2 heterocycles. The first kappa shape index (κ1) is 15.8. The number of fused-ring (bicyclic) bond motifs is 1.